The number of para-hydroxylation sites is 3. The van der Waals surface area contributed by atoms with E-state index in [1.54, 1.807) is 0 Å². The normalized spacial score (nSPS) is 15.2. The van der Waals surface area contributed by atoms with E-state index < -0.39 is 10.8 Å². The average Bonchev–Trinajstić information content (AvgIpc) is 3.47. The molecule has 15 rings (SSSR count). The Balaban J connectivity index is 1.05. The molecule has 0 amide bonds. The maximum Gasteiger partial charge on any atom is 0.134 e. The maximum absolute atomic E-state index is 6.48. The molecule has 1 atom stereocenters. The highest BCUT2D eigenvalue weighted by molar-refractivity contribution is 6.05. The first-order chi connectivity index (χ1) is 38.6. The number of aryl methyl sites for hydroxylation is 1. The van der Waals surface area contributed by atoms with Crippen molar-refractivity contribution in [3.63, 3.8) is 0 Å². The molecule has 3 aliphatic rings. The number of fused-ring (bicyclic) bond motifs is 9. The largest absolute Gasteiger partial charge is 0.461 e. The lowest BCUT2D eigenvalue weighted by molar-refractivity contribution is 0.577. The first-order valence-electron chi connectivity index (χ1n) is 26.9. The van der Waals surface area contributed by atoms with E-state index in [1.165, 1.54) is 83.6 Å². The number of anilines is 5. The van der Waals surface area contributed by atoms with Crippen LogP contribution in [-0.2, 0) is 10.8 Å². The maximum atomic E-state index is 6.48. The van der Waals surface area contributed by atoms with Crippen molar-refractivity contribution >= 4 is 45.5 Å². The van der Waals surface area contributed by atoms with Gasteiger partial charge in [-0.15, -0.1) is 0 Å². The fourth-order valence-electron chi connectivity index (χ4n) is 13.8. The predicted molar refractivity (Wildman–Crippen MR) is 322 cm³/mol. The van der Waals surface area contributed by atoms with Crippen LogP contribution in [0, 0.1) is 6.92 Å². The van der Waals surface area contributed by atoms with Gasteiger partial charge in [0.25, 0.3) is 0 Å². The van der Waals surface area contributed by atoms with Crippen LogP contribution in [-0.4, -0.2) is 0 Å². The molecule has 0 N–H and O–H groups in total. The van der Waals surface area contributed by atoms with Crippen LogP contribution < -0.4 is 9.80 Å². The molecule has 2 aliphatic carbocycles. The average molecular weight is 997 g/mol. The molecule has 0 saturated carbocycles. The Morgan fingerprint density at radius 2 is 0.962 bits per heavy atom. The summed E-state index contributed by atoms with van der Waals surface area (Å²) in [5.74, 6) is 0.849. The van der Waals surface area contributed by atoms with Crippen molar-refractivity contribution in [1.82, 2.24) is 0 Å². The lowest BCUT2D eigenvalue weighted by Gasteiger charge is -2.45. The van der Waals surface area contributed by atoms with E-state index in [2.05, 4.69) is 296 Å². The molecule has 3 heteroatoms. The minimum Gasteiger partial charge on any atom is -0.461 e. The minimum atomic E-state index is -0.722. The number of furan rings is 1. The summed E-state index contributed by atoms with van der Waals surface area (Å²) in [5, 5.41) is 1.06. The molecule has 12 aromatic rings. The van der Waals surface area contributed by atoms with Crippen molar-refractivity contribution in [2.45, 2.75) is 17.8 Å². The third-order valence-electron chi connectivity index (χ3n) is 16.9. The molecule has 1 unspecified atom stereocenters. The molecule has 3 nitrogen and oxygen atoms in total. The van der Waals surface area contributed by atoms with Gasteiger partial charge < -0.3 is 14.2 Å². The number of hydrogen-bond donors (Lipinski definition) is 0. The highest BCUT2D eigenvalue weighted by Crippen LogP contribution is 2.67. The lowest BCUT2D eigenvalue weighted by Crippen LogP contribution is -2.36. The highest BCUT2D eigenvalue weighted by atomic mass is 16.3. The van der Waals surface area contributed by atoms with Crippen molar-refractivity contribution in [3.8, 4) is 33.4 Å². The lowest BCUT2D eigenvalue weighted by atomic mass is 9.64. The van der Waals surface area contributed by atoms with Crippen molar-refractivity contribution in [1.29, 1.82) is 0 Å². The van der Waals surface area contributed by atoms with Gasteiger partial charge in [-0.25, -0.2) is 0 Å². The SMILES string of the molecule is C=C/C(=C\c1c(C)oc2ccccc12)N(c1ccc2c(c1)C(c1ccccc1)(c1ccccc1)c1ccccc1-2)c1ccc2c(c1)C1(c3ccccc3)c3ccccc3N(c3ccccc3)c3ccc(-c4ccccc4)c-2c31. The summed E-state index contributed by atoms with van der Waals surface area (Å²) in [4.78, 5) is 4.91. The molecule has 1 aliphatic heterocycles. The van der Waals surface area contributed by atoms with Gasteiger partial charge in [0.2, 0.25) is 0 Å². The van der Waals surface area contributed by atoms with E-state index in [0.29, 0.717) is 0 Å². The second-order valence-corrected chi connectivity index (χ2v) is 20.7. The standard InChI is InChI=1S/C75H52N2O/c1-3-55(47-64-50(2)78-71-40-24-20-36-62(64)71)76(57-41-43-61-60-35-19-21-37-65(60)74(67(61)48-57,52-27-11-5-12-28-52)53-29-13-6-14-30-53)58-42-44-63-68(49-58)75(54-31-15-7-16-32-54)66-38-22-23-39-69(66)77(56-33-17-8-18-34-56)70-46-45-59(72(63)73(70)75)51-25-9-4-10-26-51/h3-49H,1H2,2H3/b55-47+. The van der Waals surface area contributed by atoms with E-state index in [4.69, 9.17) is 4.42 Å². The van der Waals surface area contributed by atoms with Gasteiger partial charge in [0.1, 0.15) is 11.3 Å². The van der Waals surface area contributed by atoms with Crippen LogP contribution >= 0.6 is 0 Å². The summed E-state index contributed by atoms with van der Waals surface area (Å²) in [6.07, 6.45) is 4.28. The first-order valence-corrected chi connectivity index (χ1v) is 26.9. The Morgan fingerprint density at radius 3 is 1.63 bits per heavy atom. The Bertz CT molecular complexity index is 4310. The molecular weight excluding hydrogens is 945 g/mol. The van der Waals surface area contributed by atoms with Crippen LogP contribution in [0.2, 0.25) is 0 Å². The summed E-state index contributed by atoms with van der Waals surface area (Å²) >= 11 is 0. The first kappa shape index (κ1) is 45.4. The van der Waals surface area contributed by atoms with Gasteiger partial charge in [0.15, 0.2) is 0 Å². The Morgan fingerprint density at radius 1 is 0.449 bits per heavy atom. The summed E-state index contributed by atoms with van der Waals surface area (Å²) in [6.45, 7) is 6.70. The summed E-state index contributed by atoms with van der Waals surface area (Å²) in [6, 6.07) is 101. The van der Waals surface area contributed by atoms with Crippen molar-refractivity contribution in [2.24, 2.45) is 0 Å². The fraction of sp³-hybridized carbons (Fsp3) is 0.0400. The quantitative estimate of drug-likeness (QED) is 0.127. The van der Waals surface area contributed by atoms with Gasteiger partial charge in [-0.1, -0.05) is 225 Å². The number of hydrogen-bond acceptors (Lipinski definition) is 3. The van der Waals surface area contributed by atoms with Crippen molar-refractivity contribution in [3.05, 3.63) is 347 Å². The number of benzene rings is 11. The van der Waals surface area contributed by atoms with E-state index >= 15 is 0 Å². The molecule has 0 bridgehead atoms. The van der Waals surface area contributed by atoms with Crippen LogP contribution in [0.25, 0.3) is 50.4 Å². The van der Waals surface area contributed by atoms with Crippen molar-refractivity contribution < 1.29 is 4.42 Å². The Labute approximate surface area is 455 Å². The van der Waals surface area contributed by atoms with Gasteiger partial charge in [0, 0.05) is 39.3 Å². The van der Waals surface area contributed by atoms with Gasteiger partial charge >= 0.3 is 0 Å². The second kappa shape index (κ2) is 17.8. The van der Waals surface area contributed by atoms with Crippen LogP contribution in [0.1, 0.15) is 55.8 Å². The van der Waals surface area contributed by atoms with Gasteiger partial charge in [-0.3, -0.25) is 0 Å². The van der Waals surface area contributed by atoms with Crippen molar-refractivity contribution in [2.75, 3.05) is 9.80 Å². The van der Waals surface area contributed by atoms with Gasteiger partial charge in [0.05, 0.1) is 22.2 Å². The zero-order valence-corrected chi connectivity index (χ0v) is 43.1. The van der Waals surface area contributed by atoms with E-state index in [0.717, 1.165) is 50.7 Å². The molecule has 0 spiro atoms. The predicted octanol–water partition coefficient (Wildman–Crippen LogP) is 19.3. The molecule has 0 fully saturated rings. The molecule has 368 valence electrons. The van der Waals surface area contributed by atoms with Gasteiger partial charge in [-0.05, 0) is 146 Å². The minimum absolute atomic E-state index is 0.608. The van der Waals surface area contributed by atoms with Gasteiger partial charge in [-0.2, -0.15) is 0 Å². The number of rotatable bonds is 10. The molecule has 11 aromatic carbocycles. The number of nitrogens with zero attached hydrogens (tertiary/aromatic N) is 2. The molecule has 0 radical (unpaired) electrons. The molecule has 2 heterocycles. The topological polar surface area (TPSA) is 19.6 Å². The van der Waals surface area contributed by atoms with Crippen LogP contribution in [0.5, 0.6) is 0 Å². The van der Waals surface area contributed by atoms with Crippen LogP contribution in [0.4, 0.5) is 28.4 Å². The molecule has 1 aromatic heterocycles. The number of allylic oxidation sites excluding steroid dienone is 1. The van der Waals surface area contributed by atoms with E-state index in [9.17, 15) is 0 Å². The van der Waals surface area contributed by atoms with E-state index in [1.807, 2.05) is 12.1 Å². The van der Waals surface area contributed by atoms with Crippen LogP contribution in [0.3, 0.4) is 0 Å². The Hall–Kier alpha value is -9.96. The molecule has 78 heavy (non-hydrogen) atoms. The summed E-state index contributed by atoms with van der Waals surface area (Å²) in [7, 11) is 0. The second-order valence-electron chi connectivity index (χ2n) is 20.7. The third kappa shape index (κ3) is 6.45. The zero-order valence-electron chi connectivity index (χ0n) is 43.1. The summed E-state index contributed by atoms with van der Waals surface area (Å²) in [5.41, 5.74) is 24.1. The highest BCUT2D eigenvalue weighted by Gasteiger charge is 2.54. The fourth-order valence-corrected chi connectivity index (χ4v) is 13.8. The van der Waals surface area contributed by atoms with Crippen LogP contribution in [0.15, 0.2) is 296 Å². The van der Waals surface area contributed by atoms with E-state index in [-0.39, 0.29) is 0 Å². The Kier molecular flexibility index (Phi) is 10.4. The third-order valence-corrected chi connectivity index (χ3v) is 16.9. The smallest absolute Gasteiger partial charge is 0.134 e. The molecule has 0 saturated heterocycles. The monoisotopic (exact) mass is 996 g/mol. The summed E-state index contributed by atoms with van der Waals surface area (Å²) < 4.78 is 6.48. The molecular formula is C75H52N2O. The zero-order chi connectivity index (χ0) is 52.0.